The summed E-state index contributed by atoms with van der Waals surface area (Å²) in [7, 11) is 0. The zero-order valence-corrected chi connectivity index (χ0v) is 4.70. The van der Waals surface area contributed by atoms with Crippen molar-refractivity contribution in [1.29, 1.82) is 5.26 Å². The Morgan fingerprint density at radius 1 is 1.78 bits per heavy atom. The highest BCUT2D eigenvalue weighted by atomic mass is 14.8. The van der Waals surface area contributed by atoms with Gasteiger partial charge in [-0.15, -0.1) is 0 Å². The zero-order chi connectivity index (χ0) is 6.53. The number of nitrogens with one attached hydrogen (secondary N) is 1. The van der Waals surface area contributed by atoms with Crippen molar-refractivity contribution in [3.63, 3.8) is 0 Å². The van der Waals surface area contributed by atoms with E-state index in [4.69, 9.17) is 5.26 Å². The van der Waals surface area contributed by atoms with E-state index in [1.165, 1.54) is 6.08 Å². The minimum atomic E-state index is 0.844. The van der Waals surface area contributed by atoms with E-state index in [0.29, 0.717) is 0 Å². The average Bonchev–Trinajstić information content (AvgIpc) is 2.34. The lowest BCUT2D eigenvalue weighted by atomic mass is 10.4. The van der Waals surface area contributed by atoms with Gasteiger partial charge in [-0.1, -0.05) is 0 Å². The smallest absolute Gasteiger partial charge is 0.0924 e. The molecule has 1 rings (SSSR count). The first-order valence-electron chi connectivity index (χ1n) is 2.48. The molecule has 44 valence electrons. The van der Waals surface area contributed by atoms with Gasteiger partial charge in [0, 0.05) is 6.08 Å². The van der Waals surface area contributed by atoms with Crippen molar-refractivity contribution < 1.29 is 0 Å². The van der Waals surface area contributed by atoms with E-state index in [2.05, 4.69) is 9.97 Å². The molecule has 0 aliphatic carbocycles. The van der Waals surface area contributed by atoms with Crippen LogP contribution in [0.2, 0.25) is 0 Å². The Morgan fingerprint density at radius 2 is 2.67 bits per heavy atom. The van der Waals surface area contributed by atoms with Crippen LogP contribution in [0.4, 0.5) is 0 Å². The molecule has 0 aliphatic rings. The molecule has 0 aliphatic heterocycles. The summed E-state index contributed by atoms with van der Waals surface area (Å²) in [6.07, 6.45) is 6.27. The Bertz CT molecular complexity index is 227. The highest BCUT2D eigenvalue weighted by Gasteiger charge is 1.81. The predicted molar refractivity (Wildman–Crippen MR) is 33.2 cm³/mol. The third kappa shape index (κ3) is 1.42. The van der Waals surface area contributed by atoms with E-state index in [0.717, 1.165) is 5.69 Å². The van der Waals surface area contributed by atoms with Gasteiger partial charge >= 0.3 is 0 Å². The van der Waals surface area contributed by atoms with E-state index in [1.54, 1.807) is 18.6 Å². The predicted octanol–water partition coefficient (Wildman–Crippen LogP) is 0.946. The van der Waals surface area contributed by atoms with Gasteiger partial charge in [0.1, 0.15) is 0 Å². The maximum absolute atomic E-state index is 8.09. The molecule has 9 heavy (non-hydrogen) atoms. The quantitative estimate of drug-likeness (QED) is 0.559. The van der Waals surface area contributed by atoms with Crippen molar-refractivity contribution >= 4 is 6.08 Å². The molecule has 0 saturated carbocycles. The summed E-state index contributed by atoms with van der Waals surface area (Å²) in [5.41, 5.74) is 0.844. The fourth-order valence-electron chi connectivity index (χ4n) is 0.485. The highest BCUT2D eigenvalue weighted by Crippen LogP contribution is 1.91. The van der Waals surface area contributed by atoms with Crippen LogP contribution in [0, 0.1) is 11.3 Å². The number of nitrogens with zero attached hydrogens (tertiary/aromatic N) is 2. The second-order valence-electron chi connectivity index (χ2n) is 1.47. The minimum Gasteiger partial charge on any atom is -0.345 e. The summed E-state index contributed by atoms with van der Waals surface area (Å²) in [5, 5.41) is 8.09. The van der Waals surface area contributed by atoms with Crippen LogP contribution in [-0.4, -0.2) is 9.97 Å². The molecule has 1 aromatic rings. The van der Waals surface area contributed by atoms with Gasteiger partial charge in [-0.25, -0.2) is 4.98 Å². The number of hydrogen-bond acceptors (Lipinski definition) is 2. The largest absolute Gasteiger partial charge is 0.345 e. The summed E-state index contributed by atoms with van der Waals surface area (Å²) >= 11 is 0. The van der Waals surface area contributed by atoms with Gasteiger partial charge in [0.05, 0.1) is 24.3 Å². The number of allylic oxidation sites excluding steroid dienone is 1. The van der Waals surface area contributed by atoms with Crippen molar-refractivity contribution in [2.45, 2.75) is 0 Å². The van der Waals surface area contributed by atoms with Crippen LogP contribution in [-0.2, 0) is 0 Å². The summed E-state index contributed by atoms with van der Waals surface area (Å²) in [6.45, 7) is 0. The molecule has 1 N–H and O–H groups in total. The van der Waals surface area contributed by atoms with Crippen molar-refractivity contribution in [1.82, 2.24) is 9.97 Å². The molecule has 0 bridgehead atoms. The van der Waals surface area contributed by atoms with Crippen LogP contribution in [0.5, 0.6) is 0 Å². The highest BCUT2D eigenvalue weighted by molar-refractivity contribution is 5.45. The van der Waals surface area contributed by atoms with Gasteiger partial charge in [-0.05, 0) is 6.08 Å². The molecule has 0 aromatic carbocycles. The molecule has 0 radical (unpaired) electrons. The Kier molecular flexibility index (Phi) is 1.66. The lowest BCUT2D eigenvalue weighted by molar-refractivity contribution is 1.31. The van der Waals surface area contributed by atoms with Crippen LogP contribution < -0.4 is 0 Å². The Labute approximate surface area is 52.7 Å². The molecule has 0 saturated heterocycles. The molecular weight excluding hydrogens is 114 g/mol. The molecular formula is C6H5N3. The molecule has 0 unspecified atom stereocenters. The first-order chi connectivity index (χ1) is 4.43. The van der Waals surface area contributed by atoms with Crippen molar-refractivity contribution in [3.05, 3.63) is 24.3 Å². The molecule has 3 heteroatoms. The summed E-state index contributed by atoms with van der Waals surface area (Å²) < 4.78 is 0. The molecule has 0 atom stereocenters. The normalized spacial score (nSPS) is 9.67. The van der Waals surface area contributed by atoms with Crippen molar-refractivity contribution in [2.75, 3.05) is 0 Å². The molecule has 0 fully saturated rings. The van der Waals surface area contributed by atoms with Crippen LogP contribution in [0.15, 0.2) is 18.6 Å². The third-order valence-corrected chi connectivity index (χ3v) is 0.857. The van der Waals surface area contributed by atoms with Gasteiger partial charge in [-0.3, -0.25) is 0 Å². The fourth-order valence-corrected chi connectivity index (χ4v) is 0.485. The van der Waals surface area contributed by atoms with Crippen LogP contribution in [0.1, 0.15) is 5.69 Å². The SMILES string of the molecule is N#C/C=C/c1cnc[nH]1. The molecule has 3 nitrogen and oxygen atoms in total. The molecule has 1 aromatic heterocycles. The Balaban J connectivity index is 2.71. The topological polar surface area (TPSA) is 52.5 Å². The van der Waals surface area contributed by atoms with Crippen molar-refractivity contribution in [2.24, 2.45) is 0 Å². The first kappa shape index (κ1) is 5.57. The lowest BCUT2D eigenvalue weighted by Gasteiger charge is -1.74. The number of rotatable bonds is 1. The summed E-state index contributed by atoms with van der Waals surface area (Å²) in [6, 6.07) is 1.88. The lowest BCUT2D eigenvalue weighted by Crippen LogP contribution is -1.64. The maximum atomic E-state index is 8.09. The van der Waals surface area contributed by atoms with Crippen LogP contribution in [0.3, 0.4) is 0 Å². The maximum Gasteiger partial charge on any atom is 0.0924 e. The number of imidazole rings is 1. The van der Waals surface area contributed by atoms with E-state index in [-0.39, 0.29) is 0 Å². The fraction of sp³-hybridized carbons (Fsp3) is 0. The third-order valence-electron chi connectivity index (χ3n) is 0.857. The van der Waals surface area contributed by atoms with Gasteiger partial charge in [0.25, 0.3) is 0 Å². The number of H-pyrrole nitrogens is 1. The zero-order valence-electron chi connectivity index (χ0n) is 4.70. The molecule has 1 heterocycles. The molecule has 0 spiro atoms. The molecule has 0 amide bonds. The van der Waals surface area contributed by atoms with Gasteiger partial charge < -0.3 is 4.98 Å². The minimum absolute atomic E-state index is 0.844. The van der Waals surface area contributed by atoms with E-state index < -0.39 is 0 Å². The number of nitriles is 1. The number of aromatic nitrogens is 2. The van der Waals surface area contributed by atoms with E-state index in [9.17, 15) is 0 Å². The van der Waals surface area contributed by atoms with E-state index in [1.807, 2.05) is 6.07 Å². The van der Waals surface area contributed by atoms with E-state index >= 15 is 0 Å². The first-order valence-corrected chi connectivity index (χ1v) is 2.48. The Morgan fingerprint density at radius 3 is 3.22 bits per heavy atom. The summed E-state index contributed by atoms with van der Waals surface area (Å²) in [5.74, 6) is 0. The average molecular weight is 119 g/mol. The van der Waals surface area contributed by atoms with Gasteiger partial charge in [-0.2, -0.15) is 5.26 Å². The Hall–Kier alpha value is -1.56. The number of aromatic amines is 1. The van der Waals surface area contributed by atoms with Gasteiger partial charge in [0.15, 0.2) is 0 Å². The second kappa shape index (κ2) is 2.68. The van der Waals surface area contributed by atoms with Gasteiger partial charge in [0.2, 0.25) is 0 Å². The summed E-state index contributed by atoms with van der Waals surface area (Å²) in [4.78, 5) is 6.58. The van der Waals surface area contributed by atoms with Crippen LogP contribution in [0.25, 0.3) is 6.08 Å². The number of hydrogen-bond donors (Lipinski definition) is 1. The second-order valence-corrected chi connectivity index (χ2v) is 1.47. The van der Waals surface area contributed by atoms with Crippen molar-refractivity contribution in [3.8, 4) is 6.07 Å². The standard InChI is InChI=1S/C6H5N3/c7-3-1-2-6-4-8-5-9-6/h1-2,4-5H,(H,8,9)/b2-1+. The van der Waals surface area contributed by atoms with Crippen LogP contribution >= 0.6 is 0 Å². The monoisotopic (exact) mass is 119 g/mol.